The van der Waals surface area contributed by atoms with E-state index in [9.17, 15) is 9.59 Å². The predicted octanol–water partition coefficient (Wildman–Crippen LogP) is 3.69. The lowest BCUT2D eigenvalue weighted by Crippen LogP contribution is -2.08. The van der Waals surface area contributed by atoms with Gasteiger partial charge in [-0.05, 0) is 44.0 Å². The number of carbonyl (C=O) groups is 2. The zero-order valence-electron chi connectivity index (χ0n) is 10.7. The van der Waals surface area contributed by atoms with Crippen LogP contribution in [0.4, 0.5) is 5.00 Å². The van der Waals surface area contributed by atoms with Crippen LogP contribution >= 0.6 is 22.7 Å². The molecule has 0 bridgehead atoms. The van der Waals surface area contributed by atoms with Gasteiger partial charge in [-0.15, -0.1) is 22.7 Å². The van der Waals surface area contributed by atoms with Gasteiger partial charge in [0.25, 0.3) is 5.91 Å². The summed E-state index contributed by atoms with van der Waals surface area (Å²) in [6, 6.07) is 3.52. The minimum absolute atomic E-state index is 0.195. The Balaban J connectivity index is 2.19. The maximum absolute atomic E-state index is 12.0. The van der Waals surface area contributed by atoms with Crippen molar-refractivity contribution < 1.29 is 14.7 Å². The van der Waals surface area contributed by atoms with Crippen LogP contribution in [-0.4, -0.2) is 17.0 Å². The number of carboxylic acids is 1. The first kappa shape index (κ1) is 13.8. The Labute approximate surface area is 118 Å². The predicted molar refractivity (Wildman–Crippen MR) is 77.8 cm³/mol. The van der Waals surface area contributed by atoms with Crippen LogP contribution < -0.4 is 5.32 Å². The fourth-order valence-corrected chi connectivity index (χ4v) is 3.45. The average molecular weight is 295 g/mol. The van der Waals surface area contributed by atoms with Gasteiger partial charge in [0.1, 0.15) is 4.88 Å². The second-order valence-corrected chi connectivity index (χ2v) is 6.54. The fraction of sp³-hybridized carbons (Fsp3) is 0.231. The van der Waals surface area contributed by atoms with Gasteiger partial charge in [0.2, 0.25) is 0 Å². The highest BCUT2D eigenvalue weighted by Crippen LogP contribution is 2.28. The number of aryl methyl sites for hydroxylation is 3. The lowest BCUT2D eigenvalue weighted by molar-refractivity contribution is 0.0701. The Hall–Kier alpha value is -1.66. The standard InChI is InChI=1S/C13H13NO3S2/c1-6-4-9(18-8(6)3)12(15)14-10-5-7(2)11(19-10)13(16)17/h4-5H,1-3H3,(H,14,15)(H,16,17). The number of amides is 1. The van der Waals surface area contributed by atoms with Crippen LogP contribution in [0.2, 0.25) is 0 Å². The molecule has 100 valence electrons. The highest BCUT2D eigenvalue weighted by Gasteiger charge is 2.15. The monoisotopic (exact) mass is 295 g/mol. The topological polar surface area (TPSA) is 66.4 Å². The van der Waals surface area contributed by atoms with Crippen LogP contribution in [0.25, 0.3) is 0 Å². The quantitative estimate of drug-likeness (QED) is 0.907. The van der Waals surface area contributed by atoms with Crippen molar-refractivity contribution in [2.75, 3.05) is 5.32 Å². The summed E-state index contributed by atoms with van der Waals surface area (Å²) < 4.78 is 0. The first-order valence-corrected chi connectivity index (χ1v) is 7.24. The molecular formula is C13H13NO3S2. The van der Waals surface area contributed by atoms with Crippen molar-refractivity contribution in [1.82, 2.24) is 0 Å². The molecule has 0 aromatic carbocycles. The maximum Gasteiger partial charge on any atom is 0.346 e. The van der Waals surface area contributed by atoms with Crippen molar-refractivity contribution in [1.29, 1.82) is 0 Å². The molecule has 0 aliphatic carbocycles. The van der Waals surface area contributed by atoms with Gasteiger partial charge in [0.15, 0.2) is 0 Å². The minimum Gasteiger partial charge on any atom is -0.477 e. The number of nitrogens with one attached hydrogen (secondary N) is 1. The number of rotatable bonds is 3. The van der Waals surface area contributed by atoms with Gasteiger partial charge in [-0.3, -0.25) is 4.79 Å². The Morgan fingerprint density at radius 1 is 1.11 bits per heavy atom. The highest BCUT2D eigenvalue weighted by molar-refractivity contribution is 7.18. The van der Waals surface area contributed by atoms with E-state index >= 15 is 0 Å². The van der Waals surface area contributed by atoms with E-state index in [1.165, 1.54) is 11.3 Å². The molecule has 19 heavy (non-hydrogen) atoms. The van der Waals surface area contributed by atoms with E-state index < -0.39 is 5.97 Å². The van der Waals surface area contributed by atoms with Crippen molar-refractivity contribution >= 4 is 39.6 Å². The largest absolute Gasteiger partial charge is 0.477 e. The van der Waals surface area contributed by atoms with Gasteiger partial charge >= 0.3 is 5.97 Å². The van der Waals surface area contributed by atoms with E-state index in [1.54, 1.807) is 13.0 Å². The zero-order valence-corrected chi connectivity index (χ0v) is 12.4. The third-order valence-corrected chi connectivity index (χ3v) is 5.03. The summed E-state index contributed by atoms with van der Waals surface area (Å²) in [5, 5.41) is 12.3. The molecule has 2 heterocycles. The molecule has 0 saturated heterocycles. The van der Waals surface area contributed by atoms with Gasteiger partial charge in [-0.2, -0.15) is 0 Å². The molecule has 4 nitrogen and oxygen atoms in total. The van der Waals surface area contributed by atoms with Crippen molar-refractivity contribution in [3.8, 4) is 0 Å². The number of aromatic carboxylic acids is 1. The molecule has 2 aromatic heterocycles. The number of carboxylic acid groups (broad SMARTS) is 1. The van der Waals surface area contributed by atoms with Crippen LogP contribution in [0.1, 0.15) is 35.3 Å². The molecular weight excluding hydrogens is 282 g/mol. The lowest BCUT2D eigenvalue weighted by atomic mass is 10.3. The molecule has 2 N–H and O–H groups in total. The summed E-state index contributed by atoms with van der Waals surface area (Å²) in [5.41, 5.74) is 1.75. The molecule has 0 unspecified atom stereocenters. The van der Waals surface area contributed by atoms with E-state index in [4.69, 9.17) is 5.11 Å². The molecule has 2 rings (SSSR count). The van der Waals surface area contributed by atoms with Gasteiger partial charge < -0.3 is 10.4 Å². The van der Waals surface area contributed by atoms with E-state index in [-0.39, 0.29) is 10.8 Å². The fourth-order valence-electron chi connectivity index (χ4n) is 1.61. The molecule has 1 amide bonds. The van der Waals surface area contributed by atoms with E-state index in [0.29, 0.717) is 15.4 Å². The molecule has 6 heteroatoms. The molecule has 2 aromatic rings. The number of thiophene rings is 2. The van der Waals surface area contributed by atoms with Crippen molar-refractivity contribution in [3.63, 3.8) is 0 Å². The van der Waals surface area contributed by atoms with Crippen LogP contribution in [-0.2, 0) is 0 Å². The summed E-state index contributed by atoms with van der Waals surface area (Å²) in [4.78, 5) is 25.0. The first-order chi connectivity index (χ1) is 8.88. The summed E-state index contributed by atoms with van der Waals surface area (Å²) in [7, 11) is 0. The van der Waals surface area contributed by atoms with E-state index in [2.05, 4.69) is 5.32 Å². The molecule has 0 spiro atoms. The van der Waals surface area contributed by atoms with Crippen LogP contribution in [0, 0.1) is 20.8 Å². The summed E-state index contributed by atoms with van der Waals surface area (Å²) >= 11 is 2.51. The second kappa shape index (κ2) is 5.14. The average Bonchev–Trinajstić information content (AvgIpc) is 2.83. The zero-order chi connectivity index (χ0) is 14.2. The van der Waals surface area contributed by atoms with E-state index in [0.717, 1.165) is 21.8 Å². The molecule has 0 atom stereocenters. The minimum atomic E-state index is -0.967. The Morgan fingerprint density at radius 3 is 2.26 bits per heavy atom. The van der Waals surface area contributed by atoms with Crippen LogP contribution in [0.15, 0.2) is 12.1 Å². The smallest absolute Gasteiger partial charge is 0.346 e. The normalized spacial score (nSPS) is 10.5. The summed E-state index contributed by atoms with van der Waals surface area (Å²) in [5.74, 6) is -1.16. The molecule has 0 saturated carbocycles. The van der Waals surface area contributed by atoms with Gasteiger partial charge in [-0.1, -0.05) is 0 Å². The number of hydrogen-bond donors (Lipinski definition) is 2. The summed E-state index contributed by atoms with van der Waals surface area (Å²) in [6.07, 6.45) is 0. The third-order valence-electron chi connectivity index (χ3n) is 2.74. The maximum atomic E-state index is 12.0. The Bertz CT molecular complexity index is 635. The van der Waals surface area contributed by atoms with Gasteiger partial charge in [0, 0.05) is 4.88 Å². The Morgan fingerprint density at radius 2 is 1.79 bits per heavy atom. The first-order valence-electron chi connectivity index (χ1n) is 5.60. The second-order valence-electron chi connectivity index (χ2n) is 4.23. The lowest BCUT2D eigenvalue weighted by Gasteiger charge is -1.98. The highest BCUT2D eigenvalue weighted by atomic mass is 32.1. The van der Waals surface area contributed by atoms with Crippen molar-refractivity contribution in [2.24, 2.45) is 0 Å². The molecule has 0 radical (unpaired) electrons. The molecule has 0 aliphatic heterocycles. The van der Waals surface area contributed by atoms with Crippen LogP contribution in [0.3, 0.4) is 0 Å². The Kier molecular flexibility index (Phi) is 3.73. The number of hydrogen-bond acceptors (Lipinski definition) is 4. The number of anilines is 1. The SMILES string of the molecule is Cc1cc(C(=O)Nc2cc(C)c(C(=O)O)s2)sc1C. The van der Waals surface area contributed by atoms with Gasteiger partial charge in [-0.25, -0.2) is 4.79 Å². The third kappa shape index (κ3) is 2.85. The van der Waals surface area contributed by atoms with Crippen LogP contribution in [0.5, 0.6) is 0 Å². The van der Waals surface area contributed by atoms with E-state index in [1.807, 2.05) is 19.9 Å². The van der Waals surface area contributed by atoms with Crippen molar-refractivity contribution in [3.05, 3.63) is 37.9 Å². The molecule has 0 aliphatic rings. The number of carbonyl (C=O) groups excluding carboxylic acids is 1. The van der Waals surface area contributed by atoms with Crippen molar-refractivity contribution in [2.45, 2.75) is 20.8 Å². The summed E-state index contributed by atoms with van der Waals surface area (Å²) in [6.45, 7) is 5.64. The van der Waals surface area contributed by atoms with Gasteiger partial charge in [0.05, 0.1) is 9.88 Å². The molecule has 0 fully saturated rings.